The lowest BCUT2D eigenvalue weighted by Crippen LogP contribution is -2.49. The summed E-state index contributed by atoms with van der Waals surface area (Å²) < 4.78 is 21.7. The van der Waals surface area contributed by atoms with Crippen LogP contribution in [0.5, 0.6) is 23.0 Å². The number of anilines is 2. The van der Waals surface area contributed by atoms with Crippen LogP contribution in [0.1, 0.15) is 37.0 Å². The van der Waals surface area contributed by atoms with E-state index < -0.39 is 12.0 Å². The van der Waals surface area contributed by atoms with Gasteiger partial charge in [-0.1, -0.05) is 18.7 Å². The van der Waals surface area contributed by atoms with Crippen LogP contribution >= 0.6 is 24.2 Å². The Morgan fingerprint density at radius 3 is 2.16 bits per heavy atom. The lowest BCUT2D eigenvalue weighted by Gasteiger charge is -2.35. The predicted octanol–water partition coefficient (Wildman–Crippen LogP) is 3.89. The Morgan fingerprint density at radius 1 is 0.880 bits per heavy atom. The molecule has 0 radical (unpaired) electrons. The standard InChI is InChI=1S/C34H42N6O8S.ClH/c1-20(19-49-21(2)41)32(43)40-11-7-8-25(40)31(42)36-30-23-17-28(47-5)29(48-6)18-24(23)35-34(37-30)39-14-12-38(13-15-39)33(44)22-9-10-26(45-3)27(16-22)46-4;/h9-10,16-18,20,25H,7-8,11-15,19H2,1-6H3,(H,35,36,37,42);1H/t20?,25-;/m0./s1. The van der Waals surface area contributed by atoms with E-state index in [1.54, 1.807) is 54.2 Å². The van der Waals surface area contributed by atoms with Gasteiger partial charge in [-0.3, -0.25) is 19.2 Å². The van der Waals surface area contributed by atoms with Crippen LogP contribution in [0.25, 0.3) is 10.9 Å². The van der Waals surface area contributed by atoms with Crippen molar-refractivity contribution in [2.75, 3.05) is 77.1 Å². The van der Waals surface area contributed by atoms with Gasteiger partial charge in [0.25, 0.3) is 5.91 Å². The van der Waals surface area contributed by atoms with Crippen molar-refractivity contribution < 1.29 is 38.1 Å². The summed E-state index contributed by atoms with van der Waals surface area (Å²) in [5.41, 5.74) is 1.02. The lowest BCUT2D eigenvalue weighted by atomic mass is 10.1. The summed E-state index contributed by atoms with van der Waals surface area (Å²) in [6, 6.07) is 7.85. The first kappa shape index (κ1) is 38.3. The zero-order valence-corrected chi connectivity index (χ0v) is 30.6. The van der Waals surface area contributed by atoms with Crippen molar-refractivity contribution in [1.82, 2.24) is 19.8 Å². The van der Waals surface area contributed by atoms with Crippen LogP contribution in [-0.2, 0) is 14.4 Å². The van der Waals surface area contributed by atoms with Gasteiger partial charge in [-0.15, -0.1) is 12.4 Å². The van der Waals surface area contributed by atoms with Gasteiger partial charge in [0.05, 0.1) is 34.0 Å². The molecule has 2 saturated heterocycles. The van der Waals surface area contributed by atoms with Crippen molar-refractivity contribution >= 4 is 69.7 Å². The third-order valence-electron chi connectivity index (χ3n) is 8.71. The fraction of sp³-hybridized carbons (Fsp3) is 0.471. The summed E-state index contributed by atoms with van der Waals surface area (Å²) in [5, 5.41) is 3.47. The molecule has 50 heavy (non-hydrogen) atoms. The van der Waals surface area contributed by atoms with Gasteiger partial charge in [-0.05, 0) is 37.1 Å². The highest BCUT2D eigenvalue weighted by Crippen LogP contribution is 2.36. The molecule has 2 aliphatic rings. The van der Waals surface area contributed by atoms with E-state index in [9.17, 15) is 19.2 Å². The molecule has 1 unspecified atom stereocenters. The average molecular weight is 731 g/mol. The third-order valence-corrected chi connectivity index (χ3v) is 9.78. The predicted molar refractivity (Wildman–Crippen MR) is 193 cm³/mol. The van der Waals surface area contributed by atoms with Gasteiger partial charge >= 0.3 is 0 Å². The maximum Gasteiger partial charge on any atom is 0.254 e. The van der Waals surface area contributed by atoms with Crippen molar-refractivity contribution in [3.63, 3.8) is 0 Å². The second-order valence-electron chi connectivity index (χ2n) is 11.8. The number of carbonyl (C=O) groups excluding carboxylic acids is 4. The number of benzene rings is 2. The molecule has 3 amide bonds. The number of likely N-dealkylation sites (tertiary alicyclic amines) is 1. The molecular weight excluding hydrogens is 688 g/mol. The van der Waals surface area contributed by atoms with E-state index in [0.717, 1.165) is 11.8 Å². The van der Waals surface area contributed by atoms with E-state index in [2.05, 4.69) is 5.32 Å². The van der Waals surface area contributed by atoms with Gasteiger partial charge in [-0.25, -0.2) is 4.98 Å². The minimum absolute atomic E-state index is 0. The topological polar surface area (TPSA) is 153 Å². The SMILES string of the molecule is COc1ccc(C(=O)N2CCN(c3nc(NC(=O)[C@@H]4CCCN4C(=O)C(C)CSC(C)=O)c4cc(OC)c(OC)cc4n3)CC2)cc1OC.Cl. The number of nitrogens with one attached hydrogen (secondary N) is 1. The molecule has 1 aromatic heterocycles. The first-order valence-corrected chi connectivity index (χ1v) is 17.0. The van der Waals surface area contributed by atoms with E-state index in [4.69, 9.17) is 28.9 Å². The van der Waals surface area contributed by atoms with Crippen LogP contribution in [0, 0.1) is 5.92 Å². The van der Waals surface area contributed by atoms with Gasteiger partial charge in [0, 0.05) is 68.3 Å². The molecule has 2 fully saturated rings. The maximum absolute atomic E-state index is 13.8. The van der Waals surface area contributed by atoms with E-state index in [1.165, 1.54) is 28.3 Å². The van der Waals surface area contributed by atoms with E-state index in [1.807, 2.05) is 4.90 Å². The van der Waals surface area contributed by atoms with Gasteiger partial charge in [-0.2, -0.15) is 4.98 Å². The van der Waals surface area contributed by atoms with Crippen molar-refractivity contribution in [1.29, 1.82) is 0 Å². The summed E-state index contributed by atoms with van der Waals surface area (Å²) >= 11 is 1.10. The number of thioether (sulfide) groups is 1. The molecule has 0 bridgehead atoms. The zero-order valence-electron chi connectivity index (χ0n) is 29.0. The molecule has 14 nitrogen and oxygen atoms in total. The summed E-state index contributed by atoms with van der Waals surface area (Å²) in [4.78, 5) is 66.9. The number of halogens is 1. The zero-order chi connectivity index (χ0) is 35.2. The quantitative estimate of drug-likeness (QED) is 0.305. The minimum atomic E-state index is -0.683. The summed E-state index contributed by atoms with van der Waals surface area (Å²) in [6.07, 6.45) is 1.19. The fourth-order valence-corrected chi connectivity index (χ4v) is 6.67. The number of ether oxygens (including phenoxy) is 4. The summed E-state index contributed by atoms with van der Waals surface area (Å²) in [7, 11) is 6.12. The van der Waals surface area contributed by atoms with Gasteiger partial charge in [0.1, 0.15) is 11.9 Å². The van der Waals surface area contributed by atoms with E-state index >= 15 is 0 Å². The molecule has 2 aliphatic heterocycles. The molecule has 3 heterocycles. The highest BCUT2D eigenvalue weighted by atomic mass is 35.5. The molecule has 2 atom stereocenters. The first-order valence-electron chi connectivity index (χ1n) is 16.0. The van der Waals surface area contributed by atoms with Crippen LogP contribution in [0.4, 0.5) is 11.8 Å². The van der Waals surface area contributed by atoms with Crippen LogP contribution in [-0.4, -0.2) is 116 Å². The number of rotatable bonds is 11. The number of carbonyl (C=O) groups is 4. The van der Waals surface area contributed by atoms with Crippen LogP contribution < -0.4 is 29.2 Å². The molecule has 3 aromatic rings. The summed E-state index contributed by atoms with van der Waals surface area (Å²) in [6.45, 7) is 5.44. The van der Waals surface area contributed by atoms with Gasteiger partial charge < -0.3 is 39.0 Å². The van der Waals surface area contributed by atoms with Crippen molar-refractivity contribution in [3.8, 4) is 23.0 Å². The molecule has 0 saturated carbocycles. The molecule has 16 heteroatoms. The minimum Gasteiger partial charge on any atom is -0.493 e. The number of methoxy groups -OCH3 is 4. The normalized spacial score (nSPS) is 16.4. The smallest absolute Gasteiger partial charge is 0.254 e. The third kappa shape index (κ3) is 8.27. The number of piperazine rings is 1. The van der Waals surface area contributed by atoms with Crippen molar-refractivity contribution in [2.24, 2.45) is 5.92 Å². The second kappa shape index (κ2) is 16.9. The maximum atomic E-state index is 13.8. The highest BCUT2D eigenvalue weighted by Gasteiger charge is 2.36. The molecule has 0 aliphatic carbocycles. The second-order valence-corrected chi connectivity index (χ2v) is 13.0. The highest BCUT2D eigenvalue weighted by molar-refractivity contribution is 8.13. The van der Waals surface area contributed by atoms with Gasteiger partial charge in [0.2, 0.25) is 17.8 Å². The van der Waals surface area contributed by atoms with Crippen molar-refractivity contribution in [3.05, 3.63) is 35.9 Å². The van der Waals surface area contributed by atoms with Crippen LogP contribution in [0.15, 0.2) is 30.3 Å². The number of nitrogens with zero attached hydrogens (tertiary/aromatic N) is 5. The monoisotopic (exact) mass is 730 g/mol. The Labute approximate surface area is 301 Å². The first-order chi connectivity index (χ1) is 23.6. The van der Waals surface area contributed by atoms with Crippen molar-refractivity contribution in [2.45, 2.75) is 32.7 Å². The number of aromatic nitrogens is 2. The average Bonchev–Trinajstić information content (AvgIpc) is 3.62. The fourth-order valence-electron chi connectivity index (χ4n) is 6.04. The molecule has 5 rings (SSSR count). The molecular formula is C34H43ClN6O8S. The van der Waals surface area contributed by atoms with E-state index in [0.29, 0.717) is 96.7 Å². The number of hydrogen-bond acceptors (Lipinski definition) is 12. The molecule has 1 N–H and O–H groups in total. The summed E-state index contributed by atoms with van der Waals surface area (Å²) in [5.74, 6) is 1.87. The lowest BCUT2D eigenvalue weighted by molar-refractivity contribution is -0.139. The Morgan fingerprint density at radius 2 is 1.52 bits per heavy atom. The van der Waals surface area contributed by atoms with Crippen LogP contribution in [0.3, 0.4) is 0 Å². The Hall–Kier alpha value is -4.50. The largest absolute Gasteiger partial charge is 0.493 e. The molecule has 270 valence electrons. The van der Waals surface area contributed by atoms with Gasteiger partial charge in [0.15, 0.2) is 28.1 Å². The molecule has 2 aromatic carbocycles. The Bertz CT molecular complexity index is 1740. The Kier molecular flexibility index (Phi) is 13.0. The van der Waals surface area contributed by atoms with E-state index in [-0.39, 0.29) is 41.1 Å². The van der Waals surface area contributed by atoms with Crippen LogP contribution in [0.2, 0.25) is 0 Å². The number of amides is 3. The number of hydrogen-bond donors (Lipinski definition) is 1. The Balaban J connectivity index is 0.00000562. The molecule has 0 spiro atoms. The number of fused-ring (bicyclic) bond motifs is 1.